The predicted molar refractivity (Wildman–Crippen MR) is 147 cm³/mol. The molecule has 0 aliphatic carbocycles. The van der Waals surface area contributed by atoms with Gasteiger partial charge in [-0.1, -0.05) is 59.6 Å². The molecule has 0 bridgehead atoms. The van der Waals surface area contributed by atoms with E-state index in [1.165, 1.54) is 0 Å². The zero-order valence-electron chi connectivity index (χ0n) is 17.8. The zero-order valence-corrected chi connectivity index (χ0v) is 23.1. The first-order chi connectivity index (χ1) is 16.8. The molecule has 0 spiro atoms. The Morgan fingerprint density at radius 3 is 2.46 bits per heavy atom. The van der Waals surface area contributed by atoms with E-state index < -0.39 is 17.2 Å². The van der Waals surface area contributed by atoms with Crippen molar-refractivity contribution in [1.82, 2.24) is 14.1 Å². The summed E-state index contributed by atoms with van der Waals surface area (Å²) in [4.78, 5) is 13.2. The van der Waals surface area contributed by atoms with Gasteiger partial charge in [0.05, 0.1) is 34.2 Å². The quantitative estimate of drug-likeness (QED) is 0.188. The number of aromatic nitrogens is 2. The van der Waals surface area contributed by atoms with Gasteiger partial charge in [0.2, 0.25) is 0 Å². The van der Waals surface area contributed by atoms with Crippen molar-refractivity contribution in [1.29, 1.82) is 0 Å². The highest BCUT2D eigenvalue weighted by molar-refractivity contribution is 14.1. The Balaban J connectivity index is 1.68. The summed E-state index contributed by atoms with van der Waals surface area (Å²) in [6, 6.07) is 19.5. The summed E-state index contributed by atoms with van der Waals surface area (Å²) in [5.74, 6) is -0.340. The van der Waals surface area contributed by atoms with E-state index in [9.17, 15) is 13.6 Å². The van der Waals surface area contributed by atoms with Gasteiger partial charge in [0.15, 0.2) is 5.82 Å². The highest BCUT2D eigenvalue weighted by Crippen LogP contribution is 2.34. The lowest BCUT2D eigenvalue weighted by Crippen LogP contribution is -2.28. The van der Waals surface area contributed by atoms with E-state index in [1.54, 1.807) is 36.4 Å². The molecule has 1 N–H and O–H groups in total. The Hall–Kier alpha value is -2.09. The number of benzene rings is 3. The summed E-state index contributed by atoms with van der Waals surface area (Å²) >= 11 is 12.6. The van der Waals surface area contributed by atoms with Gasteiger partial charge in [-0.25, -0.2) is 0 Å². The first kappa shape index (κ1) is 26.0. The maximum Gasteiger partial charge on any atom is 0.253 e. The fourth-order valence-corrected chi connectivity index (χ4v) is 5.56. The van der Waals surface area contributed by atoms with Crippen molar-refractivity contribution in [2.45, 2.75) is 13.0 Å². The number of carbonyl (C=O) groups is 1. The van der Waals surface area contributed by atoms with Crippen LogP contribution in [0.25, 0.3) is 0 Å². The van der Waals surface area contributed by atoms with Gasteiger partial charge in [0.25, 0.3) is 5.91 Å². The maximum absolute atomic E-state index is 13.2. The molecule has 0 saturated heterocycles. The number of amides is 1. The summed E-state index contributed by atoms with van der Waals surface area (Å²) in [6.45, 7) is 0.0702. The third kappa shape index (κ3) is 6.19. The molecular formula is C23H16Cl2IN4O3S2-. The van der Waals surface area contributed by atoms with Crippen molar-refractivity contribution in [2.24, 2.45) is 0 Å². The van der Waals surface area contributed by atoms with Gasteiger partial charge >= 0.3 is 0 Å². The van der Waals surface area contributed by atoms with Crippen LogP contribution in [0, 0.1) is 3.57 Å². The Kier molecular flexibility index (Phi) is 8.73. The normalized spacial score (nSPS) is 11.8. The van der Waals surface area contributed by atoms with Crippen molar-refractivity contribution in [3.05, 3.63) is 103 Å². The van der Waals surface area contributed by atoms with Gasteiger partial charge in [-0.05, 0) is 58.5 Å². The number of nitrogens with one attached hydrogen (secondary N) is 1. The van der Waals surface area contributed by atoms with E-state index in [4.69, 9.17) is 23.2 Å². The van der Waals surface area contributed by atoms with Crippen LogP contribution in [0.15, 0.2) is 66.7 Å². The minimum atomic E-state index is -2.77. The Labute approximate surface area is 232 Å². The molecule has 1 heterocycles. The molecule has 1 atom stereocenters. The molecule has 4 rings (SSSR count). The SMILES string of the molecule is O=C(NCc1c(Cl)cccc1Cl)c1ccc(I)cc1N(c1nsnc1Cc1ccccc1)S(=O)[O-]. The first-order valence-electron chi connectivity index (χ1n) is 10.1. The summed E-state index contributed by atoms with van der Waals surface area (Å²) in [5.41, 5.74) is 2.31. The first-order valence-corrected chi connectivity index (χ1v) is 13.7. The molecule has 0 fully saturated rings. The molecule has 0 radical (unpaired) electrons. The summed E-state index contributed by atoms with van der Waals surface area (Å²) < 4.78 is 35.2. The lowest BCUT2D eigenvalue weighted by molar-refractivity contribution is 0.0951. The molecule has 0 aliphatic rings. The van der Waals surface area contributed by atoms with Crippen LogP contribution in [0.1, 0.15) is 27.2 Å². The zero-order chi connectivity index (χ0) is 24.9. The molecule has 4 aromatic rings. The number of carbonyl (C=O) groups excluding carboxylic acids is 1. The molecule has 12 heteroatoms. The topological polar surface area (TPSA) is 98.2 Å². The number of halogens is 3. The fourth-order valence-electron chi connectivity index (χ4n) is 3.35. The van der Waals surface area contributed by atoms with Crippen LogP contribution >= 0.6 is 57.5 Å². The average molecular weight is 658 g/mol. The third-order valence-electron chi connectivity index (χ3n) is 5.00. The molecule has 1 aromatic heterocycles. The van der Waals surface area contributed by atoms with Crippen LogP contribution in [-0.4, -0.2) is 23.4 Å². The summed E-state index contributed by atoms with van der Waals surface area (Å²) in [6.07, 6.45) is 0.386. The molecule has 3 aromatic carbocycles. The Bertz CT molecular complexity index is 1370. The van der Waals surface area contributed by atoms with Crippen molar-refractivity contribution in [3.63, 3.8) is 0 Å². The van der Waals surface area contributed by atoms with Gasteiger partial charge in [0, 0.05) is 32.1 Å². The second kappa shape index (κ2) is 11.8. The molecule has 35 heavy (non-hydrogen) atoms. The second-order valence-electron chi connectivity index (χ2n) is 7.25. The fraction of sp³-hybridized carbons (Fsp3) is 0.0870. The highest BCUT2D eigenvalue weighted by atomic mass is 127. The lowest BCUT2D eigenvalue weighted by atomic mass is 10.1. The van der Waals surface area contributed by atoms with Crippen molar-refractivity contribution >= 4 is 86.2 Å². The van der Waals surface area contributed by atoms with Crippen LogP contribution < -0.4 is 9.62 Å². The molecule has 0 aliphatic heterocycles. The van der Waals surface area contributed by atoms with Crippen LogP contribution in [0.3, 0.4) is 0 Å². The highest BCUT2D eigenvalue weighted by Gasteiger charge is 2.25. The smallest absolute Gasteiger partial charge is 0.253 e. The third-order valence-corrected chi connectivity index (χ3v) is 7.61. The Morgan fingerprint density at radius 2 is 1.77 bits per heavy atom. The molecular weight excluding hydrogens is 642 g/mol. The van der Waals surface area contributed by atoms with E-state index >= 15 is 0 Å². The van der Waals surface area contributed by atoms with E-state index in [-0.39, 0.29) is 23.6 Å². The number of nitrogens with zero attached hydrogens (tertiary/aromatic N) is 3. The number of hydrogen-bond acceptors (Lipinski definition) is 6. The van der Waals surface area contributed by atoms with Crippen LogP contribution in [-0.2, 0) is 24.2 Å². The van der Waals surface area contributed by atoms with Gasteiger partial charge in [-0.3, -0.25) is 13.3 Å². The van der Waals surface area contributed by atoms with E-state index in [2.05, 4.69) is 36.7 Å². The molecule has 1 unspecified atom stereocenters. The predicted octanol–water partition coefficient (Wildman–Crippen LogP) is 5.90. The van der Waals surface area contributed by atoms with Crippen molar-refractivity contribution < 1.29 is 13.6 Å². The second-order valence-corrected chi connectivity index (χ2v) is 10.6. The summed E-state index contributed by atoms with van der Waals surface area (Å²) in [5, 5.41) is 3.62. The lowest BCUT2D eigenvalue weighted by Gasteiger charge is -2.27. The summed E-state index contributed by atoms with van der Waals surface area (Å²) in [7, 11) is 0. The van der Waals surface area contributed by atoms with Gasteiger partial charge in [-0.15, -0.1) is 0 Å². The van der Waals surface area contributed by atoms with Crippen molar-refractivity contribution in [2.75, 3.05) is 4.31 Å². The van der Waals surface area contributed by atoms with Gasteiger partial charge in [-0.2, -0.15) is 8.75 Å². The van der Waals surface area contributed by atoms with Crippen LogP contribution in [0.2, 0.25) is 10.0 Å². The minimum Gasteiger partial charge on any atom is -0.755 e. The van der Waals surface area contributed by atoms with Gasteiger partial charge < -0.3 is 9.87 Å². The number of hydrogen-bond donors (Lipinski definition) is 1. The maximum atomic E-state index is 13.2. The molecule has 1 amide bonds. The van der Waals surface area contributed by atoms with Crippen LogP contribution in [0.5, 0.6) is 0 Å². The standard InChI is InChI=1S/C23H17Cl2IN4O3S2/c24-18-7-4-8-19(25)17(18)13-27-23(31)16-10-9-15(26)12-21(16)30(35(32)33)22-20(28-34-29-22)11-14-5-2-1-3-6-14/h1-10,12H,11,13H2,(H,27,31)(H,32,33)/p-1. The Morgan fingerprint density at radius 1 is 1.06 bits per heavy atom. The largest absolute Gasteiger partial charge is 0.755 e. The molecule has 180 valence electrons. The van der Waals surface area contributed by atoms with Crippen LogP contribution in [0.4, 0.5) is 11.5 Å². The monoisotopic (exact) mass is 657 g/mol. The molecule has 7 nitrogen and oxygen atoms in total. The van der Waals surface area contributed by atoms with E-state index in [1.807, 2.05) is 30.3 Å². The van der Waals surface area contributed by atoms with Gasteiger partial charge in [0.1, 0.15) is 5.69 Å². The minimum absolute atomic E-state index is 0.0702. The number of rotatable bonds is 8. The molecule has 0 saturated carbocycles. The van der Waals surface area contributed by atoms with E-state index in [0.29, 0.717) is 27.7 Å². The average Bonchev–Trinajstić information content (AvgIpc) is 3.26. The van der Waals surface area contributed by atoms with E-state index in [0.717, 1.165) is 25.2 Å². The number of anilines is 2. The van der Waals surface area contributed by atoms with Crippen molar-refractivity contribution in [3.8, 4) is 0 Å².